The lowest BCUT2D eigenvalue weighted by Crippen LogP contribution is -2.42. The fraction of sp³-hybridized carbons (Fsp3) is 0.381. The second kappa shape index (κ2) is 9.77. The second-order valence-electron chi connectivity index (χ2n) is 7.10. The van der Waals surface area contributed by atoms with Gasteiger partial charge in [-0.25, -0.2) is 0 Å². The molecule has 1 aliphatic rings. The number of rotatable bonds is 7. The van der Waals surface area contributed by atoms with Gasteiger partial charge in [-0.3, -0.25) is 9.89 Å². The topological polar surface area (TPSA) is 91.7 Å². The molecule has 8 nitrogen and oxygen atoms in total. The van der Waals surface area contributed by atoms with Crippen LogP contribution in [0.4, 0.5) is 0 Å². The minimum Gasteiger partial charge on any atom is -0.468 e. The zero-order valence-corrected chi connectivity index (χ0v) is 17.6. The highest BCUT2D eigenvalue weighted by atomic mass is 35.5. The second-order valence-corrected chi connectivity index (χ2v) is 7.54. The molecule has 1 atom stereocenters. The van der Waals surface area contributed by atoms with Crippen LogP contribution in [-0.4, -0.2) is 47.7 Å². The van der Waals surface area contributed by atoms with E-state index < -0.39 is 0 Å². The molecule has 4 rings (SSSR count). The van der Waals surface area contributed by atoms with Crippen molar-refractivity contribution in [2.75, 3.05) is 26.7 Å². The summed E-state index contributed by atoms with van der Waals surface area (Å²) in [5, 5.41) is 11.3. The van der Waals surface area contributed by atoms with Gasteiger partial charge in [-0.2, -0.15) is 4.98 Å². The van der Waals surface area contributed by atoms with Crippen LogP contribution in [0.15, 0.2) is 56.6 Å². The molecule has 0 saturated carbocycles. The minimum atomic E-state index is 0.166. The van der Waals surface area contributed by atoms with Crippen molar-refractivity contribution >= 4 is 17.6 Å². The largest absolute Gasteiger partial charge is 0.468 e. The van der Waals surface area contributed by atoms with Crippen molar-refractivity contribution in [2.24, 2.45) is 4.99 Å². The van der Waals surface area contributed by atoms with E-state index >= 15 is 0 Å². The van der Waals surface area contributed by atoms with Gasteiger partial charge in [-0.05, 0) is 50.2 Å². The van der Waals surface area contributed by atoms with E-state index in [4.69, 9.17) is 20.5 Å². The van der Waals surface area contributed by atoms with Crippen molar-refractivity contribution in [3.63, 3.8) is 0 Å². The van der Waals surface area contributed by atoms with Crippen molar-refractivity contribution < 1.29 is 8.94 Å². The molecule has 0 radical (unpaired) electrons. The Morgan fingerprint density at radius 2 is 2.10 bits per heavy atom. The molecule has 1 fully saturated rings. The Morgan fingerprint density at radius 1 is 1.23 bits per heavy atom. The van der Waals surface area contributed by atoms with E-state index in [2.05, 4.69) is 30.7 Å². The normalized spacial score (nSPS) is 16.0. The molecule has 0 amide bonds. The molecule has 1 saturated heterocycles. The van der Waals surface area contributed by atoms with Crippen LogP contribution in [0.1, 0.15) is 30.5 Å². The fourth-order valence-corrected chi connectivity index (χ4v) is 3.78. The van der Waals surface area contributed by atoms with Gasteiger partial charge in [0.25, 0.3) is 0 Å². The number of likely N-dealkylation sites (tertiary alicyclic amines) is 1. The van der Waals surface area contributed by atoms with E-state index in [1.54, 1.807) is 25.4 Å². The monoisotopic (exact) mass is 428 g/mol. The number of nitrogens with zero attached hydrogens (tertiary/aromatic N) is 4. The molecule has 1 aromatic carbocycles. The van der Waals surface area contributed by atoms with Crippen molar-refractivity contribution in [3.8, 4) is 11.4 Å². The van der Waals surface area contributed by atoms with Crippen molar-refractivity contribution in [2.45, 2.75) is 25.4 Å². The van der Waals surface area contributed by atoms with E-state index in [0.717, 1.165) is 24.4 Å². The summed E-state index contributed by atoms with van der Waals surface area (Å²) in [5.74, 6) is 2.59. The third-order valence-electron chi connectivity index (χ3n) is 5.10. The Balaban J connectivity index is 1.34. The molecule has 0 aliphatic carbocycles. The number of hydrogen-bond acceptors (Lipinski definition) is 6. The van der Waals surface area contributed by atoms with Gasteiger partial charge < -0.3 is 19.6 Å². The Bertz CT molecular complexity index is 966. The summed E-state index contributed by atoms with van der Waals surface area (Å²) in [5.41, 5.74) is 0.812. The third-order valence-corrected chi connectivity index (χ3v) is 5.33. The van der Waals surface area contributed by atoms with Gasteiger partial charge in [0.05, 0.1) is 18.8 Å². The zero-order valence-electron chi connectivity index (χ0n) is 16.8. The summed E-state index contributed by atoms with van der Waals surface area (Å²) in [6.07, 6.45) is 4.16. The molecule has 3 heterocycles. The number of aliphatic imine (C=N–C) groups is 1. The summed E-state index contributed by atoms with van der Waals surface area (Å²) >= 11 is 6.03. The first-order chi connectivity index (χ1) is 14.7. The molecular weight excluding hydrogens is 404 g/mol. The number of halogens is 1. The van der Waals surface area contributed by atoms with Gasteiger partial charge in [-0.15, -0.1) is 0 Å². The first-order valence-corrected chi connectivity index (χ1v) is 10.4. The maximum atomic E-state index is 6.03. The smallest absolute Gasteiger partial charge is 0.246 e. The summed E-state index contributed by atoms with van der Waals surface area (Å²) in [7, 11) is 1.73. The van der Waals surface area contributed by atoms with Crippen LogP contribution < -0.4 is 10.6 Å². The van der Waals surface area contributed by atoms with E-state index in [1.165, 1.54) is 12.8 Å². The van der Waals surface area contributed by atoms with Crippen LogP contribution in [0, 0.1) is 0 Å². The van der Waals surface area contributed by atoms with Gasteiger partial charge in [0, 0.05) is 24.2 Å². The molecule has 30 heavy (non-hydrogen) atoms. The third kappa shape index (κ3) is 5.01. The average molecular weight is 429 g/mol. The first kappa shape index (κ1) is 20.4. The van der Waals surface area contributed by atoms with Crippen LogP contribution in [0.2, 0.25) is 5.02 Å². The highest BCUT2D eigenvalue weighted by Gasteiger charge is 2.25. The van der Waals surface area contributed by atoms with Gasteiger partial charge in [-0.1, -0.05) is 28.9 Å². The summed E-state index contributed by atoms with van der Waals surface area (Å²) < 4.78 is 11.0. The molecule has 2 N–H and O–H groups in total. The standard InChI is InChI=1S/C21H25ClN6O2/c1-23-21(24-13-17(18-8-5-11-29-18)28-9-2-3-10-28)25-14-19-26-20(27-30-19)15-6-4-7-16(22)12-15/h4-8,11-12,17H,2-3,9-10,13-14H2,1H3,(H2,23,24,25). The van der Waals surface area contributed by atoms with Crippen molar-refractivity contribution in [1.82, 2.24) is 25.7 Å². The Morgan fingerprint density at radius 3 is 2.83 bits per heavy atom. The van der Waals surface area contributed by atoms with Crippen LogP contribution in [0.5, 0.6) is 0 Å². The van der Waals surface area contributed by atoms with Crippen LogP contribution >= 0.6 is 11.6 Å². The maximum absolute atomic E-state index is 6.03. The SMILES string of the molecule is CN=C(NCc1nc(-c2cccc(Cl)c2)no1)NCC(c1ccco1)N1CCCC1. The molecule has 1 unspecified atom stereocenters. The lowest BCUT2D eigenvalue weighted by Gasteiger charge is -2.26. The summed E-state index contributed by atoms with van der Waals surface area (Å²) in [4.78, 5) is 11.2. The van der Waals surface area contributed by atoms with Crippen LogP contribution in [0.3, 0.4) is 0 Å². The average Bonchev–Trinajstić information content (AvgIpc) is 3.54. The molecule has 0 bridgehead atoms. The Hall–Kier alpha value is -2.84. The number of guanidine groups is 1. The summed E-state index contributed by atoms with van der Waals surface area (Å²) in [6.45, 7) is 3.20. The van der Waals surface area contributed by atoms with Gasteiger partial charge >= 0.3 is 0 Å². The van der Waals surface area contributed by atoms with E-state index in [9.17, 15) is 0 Å². The highest BCUT2D eigenvalue weighted by Crippen LogP contribution is 2.25. The Labute approximate surface area is 180 Å². The predicted octanol–water partition coefficient (Wildman–Crippen LogP) is 3.49. The molecular formula is C21H25ClN6O2. The lowest BCUT2D eigenvalue weighted by molar-refractivity contribution is 0.215. The maximum Gasteiger partial charge on any atom is 0.246 e. The zero-order chi connectivity index (χ0) is 20.8. The molecule has 3 aromatic rings. The number of benzene rings is 1. The number of aromatic nitrogens is 2. The van der Waals surface area contributed by atoms with Crippen LogP contribution in [-0.2, 0) is 6.54 Å². The van der Waals surface area contributed by atoms with E-state index in [-0.39, 0.29) is 6.04 Å². The Kier molecular flexibility index (Phi) is 6.66. The molecule has 1 aliphatic heterocycles. The van der Waals surface area contributed by atoms with Gasteiger partial charge in [0.15, 0.2) is 5.96 Å². The molecule has 2 aromatic heterocycles. The van der Waals surface area contributed by atoms with Crippen molar-refractivity contribution in [3.05, 3.63) is 59.3 Å². The van der Waals surface area contributed by atoms with Gasteiger partial charge in [0.2, 0.25) is 11.7 Å². The first-order valence-electron chi connectivity index (χ1n) is 10.0. The van der Waals surface area contributed by atoms with Gasteiger partial charge in [0.1, 0.15) is 5.76 Å². The van der Waals surface area contributed by atoms with Crippen LogP contribution in [0.25, 0.3) is 11.4 Å². The lowest BCUT2D eigenvalue weighted by atomic mass is 10.2. The number of hydrogen-bond donors (Lipinski definition) is 2. The highest BCUT2D eigenvalue weighted by molar-refractivity contribution is 6.30. The number of furan rings is 1. The quantitative estimate of drug-likeness (QED) is 0.439. The molecule has 158 valence electrons. The number of nitrogens with one attached hydrogen (secondary N) is 2. The minimum absolute atomic E-state index is 0.166. The fourth-order valence-electron chi connectivity index (χ4n) is 3.59. The van der Waals surface area contributed by atoms with E-state index in [0.29, 0.717) is 35.8 Å². The predicted molar refractivity (Wildman–Crippen MR) is 115 cm³/mol. The van der Waals surface area contributed by atoms with E-state index in [1.807, 2.05) is 24.3 Å². The molecule has 9 heteroatoms. The summed E-state index contributed by atoms with van der Waals surface area (Å²) in [6, 6.07) is 11.5. The molecule has 0 spiro atoms. The van der Waals surface area contributed by atoms with Crippen molar-refractivity contribution in [1.29, 1.82) is 0 Å².